The van der Waals surface area contributed by atoms with E-state index < -0.39 is 48.4 Å². The van der Waals surface area contributed by atoms with Gasteiger partial charge in [0.05, 0.1) is 13.2 Å². The molecule has 44 heavy (non-hydrogen) atoms. The summed E-state index contributed by atoms with van der Waals surface area (Å²) in [5.74, 6) is -3.23. The predicted octanol–water partition coefficient (Wildman–Crippen LogP) is 6.82. The molecule has 0 amide bonds. The predicted molar refractivity (Wildman–Crippen MR) is 161 cm³/mol. The molecule has 1 aliphatic rings. The first kappa shape index (κ1) is 36.7. The van der Waals surface area contributed by atoms with Crippen molar-refractivity contribution in [1.29, 1.82) is 0 Å². The monoisotopic (exact) mass is 623 g/mol. The Labute approximate surface area is 259 Å². The highest BCUT2D eigenvalue weighted by molar-refractivity contribution is 5.75. The third-order valence-electron chi connectivity index (χ3n) is 7.06. The third kappa shape index (κ3) is 12.6. The molecule has 12 nitrogen and oxygen atoms in total. The number of ether oxygens (including phenoxy) is 6. The van der Waals surface area contributed by atoms with E-state index in [0.717, 1.165) is 32.1 Å². The van der Waals surface area contributed by atoms with Crippen molar-refractivity contribution in [3.05, 3.63) is 23.8 Å². The molecule has 1 saturated carbocycles. The molecule has 1 aromatic carbocycles. The largest absolute Gasteiger partial charge is 0.513 e. The Kier molecular flexibility index (Phi) is 13.3. The van der Waals surface area contributed by atoms with E-state index in [1.54, 1.807) is 13.8 Å². The molecule has 0 heterocycles. The topological polar surface area (TPSA) is 170 Å². The average Bonchev–Trinajstić information content (AvgIpc) is 2.91. The molecule has 0 spiro atoms. The molecule has 3 unspecified atom stereocenters. The third-order valence-corrected chi connectivity index (χ3v) is 7.06. The summed E-state index contributed by atoms with van der Waals surface area (Å²) in [5.41, 5.74) is 5.81. The molecule has 1 aromatic rings. The molecular formula is C32H49NO11. The summed E-state index contributed by atoms with van der Waals surface area (Å²) in [7, 11) is 0. The van der Waals surface area contributed by atoms with Crippen LogP contribution in [0, 0.1) is 16.7 Å². The van der Waals surface area contributed by atoms with Gasteiger partial charge in [-0.1, -0.05) is 61.0 Å². The Morgan fingerprint density at radius 3 is 1.86 bits per heavy atom. The van der Waals surface area contributed by atoms with Crippen molar-refractivity contribution < 1.29 is 52.7 Å². The molecule has 248 valence electrons. The van der Waals surface area contributed by atoms with Crippen LogP contribution in [0.2, 0.25) is 0 Å². The summed E-state index contributed by atoms with van der Waals surface area (Å²) in [6.07, 6.45) is 0.659. The minimum Gasteiger partial charge on any atom is -0.480 e. The smallest absolute Gasteiger partial charge is 0.480 e. The zero-order chi connectivity index (χ0) is 33.2. The van der Waals surface area contributed by atoms with Gasteiger partial charge in [-0.2, -0.15) is 0 Å². The molecule has 0 aliphatic heterocycles. The number of hydrogen-bond donors (Lipinski definition) is 2. The highest BCUT2D eigenvalue weighted by Gasteiger charge is 2.36. The van der Waals surface area contributed by atoms with E-state index in [4.69, 9.17) is 34.2 Å². The van der Waals surface area contributed by atoms with Crippen LogP contribution in [0.15, 0.2) is 18.2 Å². The molecule has 0 bridgehead atoms. The fourth-order valence-electron chi connectivity index (χ4n) is 4.57. The zero-order valence-corrected chi connectivity index (χ0v) is 27.2. The van der Waals surface area contributed by atoms with Crippen molar-refractivity contribution in [2.75, 3.05) is 13.2 Å². The van der Waals surface area contributed by atoms with Crippen molar-refractivity contribution in [3.63, 3.8) is 0 Å². The van der Waals surface area contributed by atoms with Crippen molar-refractivity contribution in [2.24, 2.45) is 22.5 Å². The molecule has 2 rings (SSSR count). The number of nitrogens with two attached hydrogens (primary N) is 1. The fraction of sp³-hybridized carbons (Fsp3) is 0.688. The summed E-state index contributed by atoms with van der Waals surface area (Å²) in [6, 6.07) is 2.75. The highest BCUT2D eigenvalue weighted by atomic mass is 16.7. The van der Waals surface area contributed by atoms with Gasteiger partial charge in [0.2, 0.25) is 0 Å². The summed E-state index contributed by atoms with van der Waals surface area (Å²) in [4.78, 5) is 49.7. The van der Waals surface area contributed by atoms with Gasteiger partial charge < -0.3 is 39.3 Å². The van der Waals surface area contributed by atoms with Crippen LogP contribution in [0.25, 0.3) is 0 Å². The second-order valence-electron chi connectivity index (χ2n) is 13.8. The van der Waals surface area contributed by atoms with E-state index in [1.807, 2.05) is 41.5 Å². The first-order chi connectivity index (χ1) is 20.4. The van der Waals surface area contributed by atoms with Crippen LogP contribution < -0.4 is 15.2 Å². The summed E-state index contributed by atoms with van der Waals surface area (Å²) in [6.45, 7) is 14.7. The number of hydrogen-bond acceptors (Lipinski definition) is 11. The van der Waals surface area contributed by atoms with E-state index in [-0.39, 0.29) is 41.6 Å². The summed E-state index contributed by atoms with van der Waals surface area (Å²) < 4.78 is 32.2. The van der Waals surface area contributed by atoms with Gasteiger partial charge in [0.15, 0.2) is 11.5 Å². The maximum Gasteiger partial charge on any atom is 0.513 e. The normalized spacial score (nSPS) is 16.9. The van der Waals surface area contributed by atoms with E-state index in [1.165, 1.54) is 18.2 Å². The van der Waals surface area contributed by atoms with E-state index in [0.29, 0.717) is 5.56 Å². The number of carboxylic acids is 1. The number of carbonyl (C=O) groups is 4. The summed E-state index contributed by atoms with van der Waals surface area (Å²) >= 11 is 0. The van der Waals surface area contributed by atoms with Crippen LogP contribution in [0.1, 0.15) is 99.0 Å². The Morgan fingerprint density at radius 1 is 0.841 bits per heavy atom. The van der Waals surface area contributed by atoms with Gasteiger partial charge in [0.1, 0.15) is 18.2 Å². The lowest BCUT2D eigenvalue weighted by Crippen LogP contribution is -2.43. The number of benzene rings is 1. The maximum atomic E-state index is 12.6. The Morgan fingerprint density at radius 2 is 1.36 bits per heavy atom. The van der Waals surface area contributed by atoms with Gasteiger partial charge in [-0.25, -0.2) is 14.4 Å². The number of carboxylic acid groups (broad SMARTS) is 1. The number of aliphatic carboxylic acids is 1. The fourth-order valence-corrected chi connectivity index (χ4v) is 4.57. The van der Waals surface area contributed by atoms with Crippen LogP contribution in [0.4, 0.5) is 14.4 Å². The molecule has 0 aromatic heterocycles. The Hall–Kier alpha value is -3.54. The van der Waals surface area contributed by atoms with Crippen LogP contribution in [0.5, 0.6) is 11.5 Å². The van der Waals surface area contributed by atoms with Crippen molar-refractivity contribution in [1.82, 2.24) is 0 Å². The second-order valence-corrected chi connectivity index (χ2v) is 13.8. The SMILES string of the molecule is CC(OC(=O)OC1CCCCC1)C(C)C(c1ccc(OC(=O)OCC(C)(C)C)c(OC(=O)OCC(C)(C)C)c1)[C@H](N)C(=O)O. The van der Waals surface area contributed by atoms with Crippen molar-refractivity contribution >= 4 is 24.4 Å². The first-order valence-corrected chi connectivity index (χ1v) is 15.0. The van der Waals surface area contributed by atoms with Gasteiger partial charge in [-0.05, 0) is 61.1 Å². The zero-order valence-electron chi connectivity index (χ0n) is 27.2. The molecule has 3 N–H and O–H groups in total. The molecule has 1 fully saturated rings. The van der Waals surface area contributed by atoms with Crippen LogP contribution in [-0.4, -0.2) is 61.0 Å². The number of carbonyl (C=O) groups excluding carboxylic acids is 3. The molecule has 0 saturated heterocycles. The van der Waals surface area contributed by atoms with E-state index in [9.17, 15) is 24.3 Å². The molecule has 4 atom stereocenters. The summed E-state index contributed by atoms with van der Waals surface area (Å²) in [5, 5.41) is 9.85. The van der Waals surface area contributed by atoms with Gasteiger partial charge >= 0.3 is 24.4 Å². The molecular weight excluding hydrogens is 574 g/mol. The van der Waals surface area contributed by atoms with Crippen molar-refractivity contribution in [2.45, 2.75) is 112 Å². The number of rotatable bonds is 11. The maximum absolute atomic E-state index is 12.6. The quantitative estimate of drug-likeness (QED) is 0.150. The molecule has 12 heteroatoms. The van der Waals surface area contributed by atoms with E-state index in [2.05, 4.69) is 0 Å². The second kappa shape index (κ2) is 16.0. The Balaban J connectivity index is 2.36. The minimum atomic E-state index is -1.44. The molecule has 0 radical (unpaired) electrons. The highest BCUT2D eigenvalue weighted by Crippen LogP contribution is 2.38. The lowest BCUT2D eigenvalue weighted by molar-refractivity contribution is -0.139. The van der Waals surface area contributed by atoms with Crippen LogP contribution in [-0.2, 0) is 23.7 Å². The van der Waals surface area contributed by atoms with Crippen LogP contribution >= 0.6 is 0 Å². The van der Waals surface area contributed by atoms with Gasteiger partial charge in [0, 0.05) is 11.8 Å². The standard InChI is InChI=1S/C32H49NO11/c1-19(20(2)41-30(38)42-22-12-10-9-11-13-22)25(26(33)27(34)35)21-14-15-23(43-28(36)39-17-31(3,4)5)24(16-21)44-29(37)40-18-32(6,7)8/h14-16,19-20,22,25-26H,9-13,17-18,33H2,1-8H3,(H,34,35)/t19?,20?,25?,26-/m0/s1. The lowest BCUT2D eigenvalue weighted by atomic mass is 9.79. The van der Waals surface area contributed by atoms with Crippen molar-refractivity contribution in [3.8, 4) is 11.5 Å². The van der Waals surface area contributed by atoms with Gasteiger partial charge in [-0.3, -0.25) is 4.79 Å². The lowest BCUT2D eigenvalue weighted by Gasteiger charge is -2.32. The average molecular weight is 624 g/mol. The first-order valence-electron chi connectivity index (χ1n) is 15.0. The Bertz CT molecular complexity index is 1130. The minimum absolute atomic E-state index is 0.0463. The molecule has 1 aliphatic carbocycles. The van der Waals surface area contributed by atoms with Crippen LogP contribution in [0.3, 0.4) is 0 Å². The van der Waals surface area contributed by atoms with Gasteiger partial charge in [0.25, 0.3) is 0 Å². The van der Waals surface area contributed by atoms with Gasteiger partial charge in [-0.15, -0.1) is 0 Å². The van der Waals surface area contributed by atoms with E-state index >= 15 is 0 Å².